The van der Waals surface area contributed by atoms with Crippen LogP contribution in [0.25, 0.3) is 0 Å². The van der Waals surface area contributed by atoms with Crippen molar-refractivity contribution >= 4 is 0 Å². The lowest BCUT2D eigenvalue weighted by atomic mass is 10.2. The van der Waals surface area contributed by atoms with E-state index in [-0.39, 0.29) is 24.2 Å². The number of hydrogen-bond donors (Lipinski definition) is 2. The first-order valence-corrected chi connectivity index (χ1v) is 4.84. The quantitative estimate of drug-likeness (QED) is 0.774. The Kier molecular flexibility index (Phi) is 4.52. The first kappa shape index (κ1) is 11.9. The lowest BCUT2D eigenvalue weighted by Gasteiger charge is -2.11. The van der Waals surface area contributed by atoms with E-state index in [2.05, 4.69) is 5.32 Å². The number of rotatable bonds is 5. The van der Waals surface area contributed by atoms with Gasteiger partial charge in [0.05, 0.1) is 13.7 Å². The molecule has 2 N–H and O–H groups in total. The lowest BCUT2D eigenvalue weighted by molar-refractivity contribution is 0.251. The Hall–Kier alpha value is -1.13. The van der Waals surface area contributed by atoms with E-state index in [1.807, 2.05) is 6.92 Å². The molecule has 0 aromatic heterocycles. The molecule has 1 aromatic carbocycles. The Labute approximate surface area is 88.9 Å². The standard InChI is InChI=1S/C11H16FNO2/c1-8(7-14)13-6-9-3-4-11(15-2)10(12)5-9/h3-5,8,13-14H,6-7H2,1-2H3. The zero-order chi connectivity index (χ0) is 11.3. The molecule has 84 valence electrons. The molecule has 4 heteroatoms. The largest absolute Gasteiger partial charge is 0.494 e. The van der Waals surface area contributed by atoms with Gasteiger partial charge in [0.2, 0.25) is 0 Å². The Bertz CT molecular complexity index is 317. The number of benzene rings is 1. The number of aliphatic hydroxyl groups excluding tert-OH is 1. The molecule has 0 radical (unpaired) electrons. The average Bonchev–Trinajstić information content (AvgIpc) is 2.26. The van der Waals surface area contributed by atoms with Crippen molar-refractivity contribution in [3.63, 3.8) is 0 Å². The zero-order valence-corrected chi connectivity index (χ0v) is 8.96. The molecule has 0 fully saturated rings. The van der Waals surface area contributed by atoms with Crippen LogP contribution in [-0.4, -0.2) is 24.9 Å². The van der Waals surface area contributed by atoms with Crippen LogP contribution >= 0.6 is 0 Å². The molecule has 0 bridgehead atoms. The number of nitrogens with one attached hydrogen (secondary N) is 1. The van der Waals surface area contributed by atoms with Gasteiger partial charge in [-0.2, -0.15) is 0 Å². The first-order valence-electron chi connectivity index (χ1n) is 4.84. The van der Waals surface area contributed by atoms with Gasteiger partial charge in [-0.3, -0.25) is 0 Å². The molecule has 1 aromatic rings. The third kappa shape index (κ3) is 3.49. The van der Waals surface area contributed by atoms with Crippen molar-refractivity contribution in [3.8, 4) is 5.75 Å². The molecular formula is C11H16FNO2. The molecule has 0 aliphatic heterocycles. The van der Waals surface area contributed by atoms with Crippen LogP contribution in [0.2, 0.25) is 0 Å². The second kappa shape index (κ2) is 5.68. The van der Waals surface area contributed by atoms with Crippen LogP contribution in [0, 0.1) is 5.82 Å². The van der Waals surface area contributed by atoms with Crippen molar-refractivity contribution in [1.82, 2.24) is 5.32 Å². The first-order chi connectivity index (χ1) is 7.17. The van der Waals surface area contributed by atoms with Gasteiger partial charge in [-0.25, -0.2) is 4.39 Å². The van der Waals surface area contributed by atoms with Gasteiger partial charge < -0.3 is 15.2 Å². The number of aliphatic hydroxyl groups is 1. The van der Waals surface area contributed by atoms with E-state index in [1.54, 1.807) is 12.1 Å². The van der Waals surface area contributed by atoms with Gasteiger partial charge in [-0.15, -0.1) is 0 Å². The van der Waals surface area contributed by atoms with Gasteiger partial charge in [0.15, 0.2) is 11.6 Å². The van der Waals surface area contributed by atoms with Crippen molar-refractivity contribution in [2.45, 2.75) is 19.5 Å². The summed E-state index contributed by atoms with van der Waals surface area (Å²) in [5, 5.41) is 11.8. The molecule has 0 aliphatic rings. The fourth-order valence-corrected chi connectivity index (χ4v) is 1.18. The topological polar surface area (TPSA) is 41.5 Å². The van der Waals surface area contributed by atoms with E-state index in [9.17, 15) is 4.39 Å². The van der Waals surface area contributed by atoms with E-state index in [1.165, 1.54) is 13.2 Å². The third-order valence-corrected chi connectivity index (χ3v) is 2.14. The minimum atomic E-state index is -0.367. The number of ether oxygens (including phenoxy) is 1. The SMILES string of the molecule is COc1ccc(CNC(C)CO)cc1F. The number of hydrogen-bond acceptors (Lipinski definition) is 3. The summed E-state index contributed by atoms with van der Waals surface area (Å²) < 4.78 is 18.1. The van der Waals surface area contributed by atoms with Crippen LogP contribution in [0.3, 0.4) is 0 Å². The summed E-state index contributed by atoms with van der Waals surface area (Å²) in [6.07, 6.45) is 0. The van der Waals surface area contributed by atoms with Gasteiger partial charge in [-0.1, -0.05) is 6.07 Å². The van der Waals surface area contributed by atoms with Crippen LogP contribution in [-0.2, 0) is 6.54 Å². The van der Waals surface area contributed by atoms with Crippen molar-refractivity contribution in [2.75, 3.05) is 13.7 Å². The van der Waals surface area contributed by atoms with E-state index in [0.29, 0.717) is 6.54 Å². The molecule has 15 heavy (non-hydrogen) atoms. The monoisotopic (exact) mass is 213 g/mol. The lowest BCUT2D eigenvalue weighted by Crippen LogP contribution is -2.28. The fraction of sp³-hybridized carbons (Fsp3) is 0.455. The molecule has 0 heterocycles. The molecule has 0 aliphatic carbocycles. The minimum Gasteiger partial charge on any atom is -0.494 e. The molecule has 1 unspecified atom stereocenters. The van der Waals surface area contributed by atoms with Gasteiger partial charge in [-0.05, 0) is 24.6 Å². The number of methoxy groups -OCH3 is 1. The van der Waals surface area contributed by atoms with E-state index in [0.717, 1.165) is 5.56 Å². The molecule has 0 saturated carbocycles. The van der Waals surface area contributed by atoms with Crippen molar-refractivity contribution in [1.29, 1.82) is 0 Å². The molecule has 0 saturated heterocycles. The Balaban J connectivity index is 2.59. The van der Waals surface area contributed by atoms with Crippen molar-refractivity contribution in [3.05, 3.63) is 29.6 Å². The van der Waals surface area contributed by atoms with Crippen molar-refractivity contribution in [2.24, 2.45) is 0 Å². The van der Waals surface area contributed by atoms with Gasteiger partial charge >= 0.3 is 0 Å². The van der Waals surface area contributed by atoms with E-state index < -0.39 is 0 Å². The maximum absolute atomic E-state index is 13.3. The zero-order valence-electron chi connectivity index (χ0n) is 8.96. The van der Waals surface area contributed by atoms with Crippen LogP contribution in [0.1, 0.15) is 12.5 Å². The second-order valence-corrected chi connectivity index (χ2v) is 3.43. The van der Waals surface area contributed by atoms with Crippen LogP contribution in [0.5, 0.6) is 5.75 Å². The number of halogens is 1. The Morgan fingerprint density at radius 1 is 1.53 bits per heavy atom. The predicted octanol–water partition coefficient (Wildman–Crippen LogP) is 1.30. The maximum atomic E-state index is 13.3. The summed E-state index contributed by atoms with van der Waals surface area (Å²) in [5.74, 6) is -0.123. The van der Waals surface area contributed by atoms with Crippen LogP contribution < -0.4 is 10.1 Å². The normalized spacial score (nSPS) is 12.5. The molecule has 1 rings (SSSR count). The summed E-state index contributed by atoms with van der Waals surface area (Å²) in [6.45, 7) is 2.46. The van der Waals surface area contributed by atoms with Crippen LogP contribution in [0.4, 0.5) is 4.39 Å². The molecule has 0 spiro atoms. The molecule has 0 amide bonds. The summed E-state index contributed by atoms with van der Waals surface area (Å²) in [6, 6.07) is 4.82. The van der Waals surface area contributed by atoms with Gasteiger partial charge in [0, 0.05) is 12.6 Å². The Morgan fingerprint density at radius 2 is 2.27 bits per heavy atom. The third-order valence-electron chi connectivity index (χ3n) is 2.14. The van der Waals surface area contributed by atoms with Crippen molar-refractivity contribution < 1.29 is 14.2 Å². The highest BCUT2D eigenvalue weighted by Crippen LogP contribution is 2.17. The maximum Gasteiger partial charge on any atom is 0.165 e. The summed E-state index contributed by atoms with van der Waals surface area (Å²) >= 11 is 0. The summed E-state index contributed by atoms with van der Waals surface area (Å²) in [7, 11) is 1.43. The Morgan fingerprint density at radius 3 is 2.80 bits per heavy atom. The van der Waals surface area contributed by atoms with E-state index in [4.69, 9.17) is 9.84 Å². The highest BCUT2D eigenvalue weighted by molar-refractivity contribution is 5.29. The second-order valence-electron chi connectivity index (χ2n) is 3.43. The average molecular weight is 213 g/mol. The van der Waals surface area contributed by atoms with Gasteiger partial charge in [0.25, 0.3) is 0 Å². The summed E-state index contributed by atoms with van der Waals surface area (Å²) in [4.78, 5) is 0. The van der Waals surface area contributed by atoms with Gasteiger partial charge in [0.1, 0.15) is 0 Å². The highest BCUT2D eigenvalue weighted by Gasteiger charge is 2.04. The molecular weight excluding hydrogens is 197 g/mol. The van der Waals surface area contributed by atoms with E-state index >= 15 is 0 Å². The minimum absolute atomic E-state index is 0.00941. The van der Waals surface area contributed by atoms with Crippen LogP contribution in [0.15, 0.2) is 18.2 Å². The smallest absolute Gasteiger partial charge is 0.165 e. The summed E-state index contributed by atoms with van der Waals surface area (Å²) in [5.41, 5.74) is 0.827. The predicted molar refractivity (Wildman–Crippen MR) is 56.3 cm³/mol. The fourth-order valence-electron chi connectivity index (χ4n) is 1.18. The molecule has 1 atom stereocenters. The highest BCUT2D eigenvalue weighted by atomic mass is 19.1. The molecule has 3 nitrogen and oxygen atoms in total.